The van der Waals surface area contributed by atoms with Crippen molar-refractivity contribution in [3.8, 4) is 0 Å². The van der Waals surface area contributed by atoms with E-state index < -0.39 is 0 Å². The van der Waals surface area contributed by atoms with Gasteiger partial charge in [0.25, 0.3) is 0 Å². The Bertz CT molecular complexity index is 177. The third-order valence-corrected chi connectivity index (χ3v) is 3.31. The van der Waals surface area contributed by atoms with Crippen LogP contribution in [0.25, 0.3) is 0 Å². The van der Waals surface area contributed by atoms with Crippen LogP contribution < -0.4 is 0 Å². The van der Waals surface area contributed by atoms with E-state index in [0.717, 1.165) is 18.4 Å². The Balaban J connectivity index is 1.85. The molecule has 0 amide bonds. The lowest BCUT2D eigenvalue weighted by Crippen LogP contribution is -2.29. The molecule has 1 N–H and O–H groups in total. The molecule has 2 rings (SSSR count). The number of hydrogen-bond donors (Lipinski definition) is 1. The molecule has 2 aliphatic rings. The van der Waals surface area contributed by atoms with Crippen LogP contribution in [0, 0.1) is 17.3 Å². The summed E-state index contributed by atoms with van der Waals surface area (Å²) in [5, 5.41) is 9.19. The highest BCUT2D eigenvalue weighted by atomic mass is 16.3. The number of piperidine rings is 1. The fourth-order valence-electron chi connectivity index (χ4n) is 2.60. The number of aliphatic hydroxyl groups excluding tert-OH is 1. The lowest BCUT2D eigenvalue weighted by Gasteiger charge is -2.21. The molecule has 12 heavy (non-hydrogen) atoms. The topological polar surface area (TPSA) is 23.5 Å². The summed E-state index contributed by atoms with van der Waals surface area (Å²) in [6, 6.07) is 0. The molecule has 1 aliphatic carbocycles. The van der Waals surface area contributed by atoms with E-state index in [4.69, 9.17) is 0 Å². The summed E-state index contributed by atoms with van der Waals surface area (Å²) < 4.78 is 0. The van der Waals surface area contributed by atoms with E-state index in [9.17, 15) is 5.11 Å². The van der Waals surface area contributed by atoms with Crippen molar-refractivity contribution in [3.05, 3.63) is 0 Å². The van der Waals surface area contributed by atoms with Crippen molar-refractivity contribution in [2.24, 2.45) is 17.3 Å². The van der Waals surface area contributed by atoms with Gasteiger partial charge in [0.15, 0.2) is 0 Å². The van der Waals surface area contributed by atoms with Gasteiger partial charge in [-0.1, -0.05) is 13.8 Å². The number of likely N-dealkylation sites (tertiary alicyclic amines) is 1. The molecule has 1 saturated heterocycles. The van der Waals surface area contributed by atoms with Crippen LogP contribution in [-0.4, -0.2) is 36.2 Å². The average Bonchev–Trinajstić information content (AvgIpc) is 2.54. The molecule has 2 nitrogen and oxygen atoms in total. The molecule has 1 heterocycles. The highest BCUT2D eigenvalue weighted by Gasteiger charge is 2.59. The van der Waals surface area contributed by atoms with Crippen LogP contribution in [0.5, 0.6) is 0 Å². The zero-order chi connectivity index (χ0) is 8.77. The fraction of sp³-hybridized carbons (Fsp3) is 1.00. The Kier molecular flexibility index (Phi) is 1.92. The summed E-state index contributed by atoms with van der Waals surface area (Å²) in [6.07, 6.45) is 1.28. The van der Waals surface area contributed by atoms with Crippen LogP contribution in [-0.2, 0) is 0 Å². The molecule has 1 aliphatic heterocycles. The van der Waals surface area contributed by atoms with Gasteiger partial charge >= 0.3 is 0 Å². The average molecular weight is 169 g/mol. The number of hydrogen-bond acceptors (Lipinski definition) is 2. The van der Waals surface area contributed by atoms with Crippen LogP contribution in [0.15, 0.2) is 0 Å². The molecule has 0 aromatic heterocycles. The van der Waals surface area contributed by atoms with Gasteiger partial charge in [-0.2, -0.15) is 0 Å². The van der Waals surface area contributed by atoms with E-state index in [1.165, 1.54) is 19.5 Å². The molecule has 0 spiro atoms. The Morgan fingerprint density at radius 3 is 2.83 bits per heavy atom. The van der Waals surface area contributed by atoms with Gasteiger partial charge in [0.1, 0.15) is 0 Å². The number of nitrogens with zero attached hydrogens (tertiary/aromatic N) is 1. The quantitative estimate of drug-likeness (QED) is 0.680. The minimum Gasteiger partial charge on any atom is -0.396 e. The standard InChI is InChI=1S/C10H19NO/c1-8(2)4-11-5-9-3-10(9,6-11)7-12/h8-9,12H,3-7H2,1-2H3. The van der Waals surface area contributed by atoms with Gasteiger partial charge in [-0.15, -0.1) is 0 Å². The summed E-state index contributed by atoms with van der Waals surface area (Å²) in [5.41, 5.74) is 0.342. The van der Waals surface area contributed by atoms with Gasteiger partial charge in [0.2, 0.25) is 0 Å². The first kappa shape index (κ1) is 8.52. The molecule has 2 unspecified atom stereocenters. The van der Waals surface area contributed by atoms with Crippen LogP contribution in [0.4, 0.5) is 0 Å². The molecule has 2 fully saturated rings. The normalized spacial score (nSPS) is 40.5. The number of fused-ring (bicyclic) bond motifs is 1. The highest BCUT2D eigenvalue weighted by molar-refractivity contribution is 5.09. The minimum atomic E-state index is 0.342. The van der Waals surface area contributed by atoms with Crippen LogP contribution in [0.3, 0.4) is 0 Å². The monoisotopic (exact) mass is 169 g/mol. The van der Waals surface area contributed by atoms with E-state index in [0.29, 0.717) is 12.0 Å². The van der Waals surface area contributed by atoms with Crippen LogP contribution >= 0.6 is 0 Å². The van der Waals surface area contributed by atoms with Gasteiger partial charge in [-0.25, -0.2) is 0 Å². The molecule has 1 saturated carbocycles. The first-order valence-electron chi connectivity index (χ1n) is 4.99. The van der Waals surface area contributed by atoms with Crippen molar-refractivity contribution in [3.63, 3.8) is 0 Å². The molecular formula is C10H19NO. The lowest BCUT2D eigenvalue weighted by molar-refractivity contribution is 0.180. The fourth-order valence-corrected chi connectivity index (χ4v) is 2.60. The maximum Gasteiger partial charge on any atom is 0.0502 e. The minimum absolute atomic E-state index is 0.342. The highest BCUT2D eigenvalue weighted by Crippen LogP contribution is 2.57. The SMILES string of the molecule is CC(C)CN1CC2CC2(CO)C1. The number of aliphatic hydroxyl groups is 1. The molecule has 70 valence electrons. The van der Waals surface area contributed by atoms with Gasteiger partial charge in [0, 0.05) is 25.0 Å². The number of rotatable bonds is 3. The molecule has 0 aromatic rings. The van der Waals surface area contributed by atoms with Gasteiger partial charge in [0.05, 0.1) is 6.61 Å². The largest absolute Gasteiger partial charge is 0.396 e. The van der Waals surface area contributed by atoms with E-state index >= 15 is 0 Å². The first-order valence-corrected chi connectivity index (χ1v) is 4.99. The lowest BCUT2D eigenvalue weighted by atomic mass is 10.1. The Hall–Kier alpha value is -0.0800. The van der Waals surface area contributed by atoms with E-state index in [-0.39, 0.29) is 0 Å². The summed E-state index contributed by atoms with van der Waals surface area (Å²) >= 11 is 0. The zero-order valence-electron chi connectivity index (χ0n) is 8.08. The second-order valence-electron chi connectivity index (χ2n) is 5.01. The van der Waals surface area contributed by atoms with Crippen molar-refractivity contribution in [1.29, 1.82) is 0 Å². The van der Waals surface area contributed by atoms with Gasteiger partial charge in [-0.05, 0) is 18.3 Å². The maximum atomic E-state index is 9.19. The Morgan fingerprint density at radius 1 is 1.58 bits per heavy atom. The predicted octanol–water partition coefficient (Wildman–Crippen LogP) is 0.957. The molecule has 0 bridgehead atoms. The Morgan fingerprint density at radius 2 is 2.33 bits per heavy atom. The summed E-state index contributed by atoms with van der Waals surface area (Å²) in [7, 11) is 0. The summed E-state index contributed by atoms with van der Waals surface area (Å²) in [4.78, 5) is 2.51. The summed E-state index contributed by atoms with van der Waals surface area (Å²) in [5.74, 6) is 1.58. The van der Waals surface area contributed by atoms with E-state index in [1.807, 2.05) is 0 Å². The van der Waals surface area contributed by atoms with Crippen LogP contribution in [0.1, 0.15) is 20.3 Å². The second-order valence-corrected chi connectivity index (χ2v) is 5.01. The molecule has 2 atom stereocenters. The second kappa shape index (κ2) is 2.71. The third kappa shape index (κ3) is 1.27. The summed E-state index contributed by atoms with van der Waals surface area (Å²) in [6.45, 7) is 8.51. The van der Waals surface area contributed by atoms with Crippen LogP contribution in [0.2, 0.25) is 0 Å². The molecule has 0 radical (unpaired) electrons. The smallest absolute Gasteiger partial charge is 0.0502 e. The van der Waals surface area contributed by atoms with Crippen molar-refractivity contribution >= 4 is 0 Å². The van der Waals surface area contributed by atoms with Crippen molar-refractivity contribution < 1.29 is 5.11 Å². The van der Waals surface area contributed by atoms with Gasteiger partial charge in [-0.3, -0.25) is 0 Å². The van der Waals surface area contributed by atoms with Crippen molar-refractivity contribution in [2.75, 3.05) is 26.2 Å². The molecular weight excluding hydrogens is 150 g/mol. The van der Waals surface area contributed by atoms with Gasteiger partial charge < -0.3 is 10.0 Å². The van der Waals surface area contributed by atoms with E-state index in [1.54, 1.807) is 0 Å². The Labute approximate surface area is 74.6 Å². The van der Waals surface area contributed by atoms with E-state index in [2.05, 4.69) is 18.7 Å². The zero-order valence-corrected chi connectivity index (χ0v) is 8.08. The van der Waals surface area contributed by atoms with Crippen molar-refractivity contribution in [1.82, 2.24) is 4.90 Å². The first-order chi connectivity index (χ1) is 5.66. The predicted molar refractivity (Wildman–Crippen MR) is 48.9 cm³/mol. The molecule has 2 heteroatoms. The van der Waals surface area contributed by atoms with Crippen molar-refractivity contribution in [2.45, 2.75) is 20.3 Å². The maximum absolute atomic E-state index is 9.19. The third-order valence-electron chi connectivity index (χ3n) is 3.31. The molecule has 0 aromatic carbocycles.